The highest BCUT2D eigenvalue weighted by atomic mass is 32.2. The molecule has 1 aromatic heterocycles. The van der Waals surface area contributed by atoms with Gasteiger partial charge in [-0.1, -0.05) is 30.8 Å². The van der Waals surface area contributed by atoms with Crippen LogP contribution in [-0.4, -0.2) is 21.8 Å². The molecule has 3 rings (SSSR count). The molecule has 0 aliphatic heterocycles. The van der Waals surface area contributed by atoms with Crippen LogP contribution in [0.25, 0.3) is 0 Å². The molecule has 0 atom stereocenters. The molecule has 0 saturated heterocycles. The van der Waals surface area contributed by atoms with Gasteiger partial charge in [-0.15, -0.1) is 11.8 Å². The lowest BCUT2D eigenvalue weighted by molar-refractivity contribution is -0.120. The molecule has 0 spiro atoms. The Bertz CT molecular complexity index is 787. The van der Waals surface area contributed by atoms with E-state index in [-0.39, 0.29) is 5.91 Å². The van der Waals surface area contributed by atoms with Crippen LogP contribution < -0.4 is 5.32 Å². The molecule has 26 heavy (non-hydrogen) atoms. The Morgan fingerprint density at radius 3 is 2.54 bits per heavy atom. The lowest BCUT2D eigenvalue weighted by Crippen LogP contribution is -2.47. The summed E-state index contributed by atoms with van der Waals surface area (Å²) in [6.45, 7) is 1.77. The number of aryl methyl sites for hydroxylation is 1. The fraction of sp³-hybridized carbons (Fsp3) is 0.474. The predicted molar refractivity (Wildman–Crippen MR) is 98.4 cm³/mol. The third-order valence-electron chi connectivity index (χ3n) is 4.64. The lowest BCUT2D eigenvalue weighted by atomic mass is 9.89. The smallest absolute Gasteiger partial charge is 0.231 e. The van der Waals surface area contributed by atoms with Gasteiger partial charge >= 0.3 is 0 Å². The highest BCUT2D eigenvalue weighted by Crippen LogP contribution is 2.34. The number of rotatable bonds is 5. The molecule has 0 radical (unpaired) electrons. The van der Waals surface area contributed by atoms with Crippen molar-refractivity contribution in [3.8, 4) is 6.07 Å². The van der Waals surface area contributed by atoms with Crippen molar-refractivity contribution in [2.45, 2.75) is 55.9 Å². The summed E-state index contributed by atoms with van der Waals surface area (Å²) >= 11 is 1.45. The van der Waals surface area contributed by atoms with Crippen molar-refractivity contribution in [2.24, 2.45) is 0 Å². The number of benzene rings is 1. The molecule has 6 nitrogen and oxygen atoms in total. The van der Waals surface area contributed by atoms with E-state index in [1.165, 1.54) is 11.8 Å². The van der Waals surface area contributed by atoms with Crippen LogP contribution in [0.15, 0.2) is 33.7 Å². The Balaban J connectivity index is 1.67. The predicted octanol–water partition coefficient (Wildman–Crippen LogP) is 3.71. The van der Waals surface area contributed by atoms with Crippen LogP contribution >= 0.6 is 11.8 Å². The van der Waals surface area contributed by atoms with Crippen LogP contribution in [-0.2, 0) is 10.3 Å². The molecular weight excluding hydrogens is 348 g/mol. The number of aromatic nitrogens is 2. The third-order valence-corrected chi connectivity index (χ3v) is 5.66. The van der Waals surface area contributed by atoms with Crippen LogP contribution in [0, 0.1) is 18.3 Å². The van der Waals surface area contributed by atoms with Crippen molar-refractivity contribution in [2.75, 3.05) is 5.75 Å². The number of carbonyl (C=O) groups excluding carboxylic acids is 1. The van der Waals surface area contributed by atoms with E-state index >= 15 is 0 Å². The summed E-state index contributed by atoms with van der Waals surface area (Å²) < 4.78 is 5.17. The van der Waals surface area contributed by atoms with Gasteiger partial charge < -0.3 is 9.84 Å². The van der Waals surface area contributed by atoms with E-state index in [2.05, 4.69) is 21.5 Å². The maximum atomic E-state index is 12.6. The SMILES string of the molecule is Cc1nc(C2(NC(=O)CSc3ccc(C#N)cc3)CCCCCC2)no1. The van der Waals surface area contributed by atoms with Crippen molar-refractivity contribution >= 4 is 17.7 Å². The summed E-state index contributed by atoms with van der Waals surface area (Å²) in [6, 6.07) is 9.33. The second kappa shape index (κ2) is 8.37. The standard InChI is InChI=1S/C19H22N4O2S/c1-14-21-18(23-25-14)19(10-4-2-3-5-11-19)22-17(24)13-26-16-8-6-15(12-20)7-9-16/h6-9H,2-5,10-11,13H2,1H3,(H,22,24). The molecule has 2 aromatic rings. The highest BCUT2D eigenvalue weighted by Gasteiger charge is 2.38. The zero-order valence-corrected chi connectivity index (χ0v) is 15.6. The number of hydrogen-bond donors (Lipinski definition) is 1. The summed E-state index contributed by atoms with van der Waals surface area (Å²) in [5, 5.41) is 16.2. The van der Waals surface area contributed by atoms with E-state index in [1.807, 2.05) is 12.1 Å². The van der Waals surface area contributed by atoms with Crippen LogP contribution in [0.5, 0.6) is 0 Å². The molecule has 1 aromatic carbocycles. The average molecular weight is 370 g/mol. The molecule has 1 amide bonds. The van der Waals surface area contributed by atoms with E-state index < -0.39 is 5.54 Å². The number of nitrogens with one attached hydrogen (secondary N) is 1. The molecule has 0 unspecified atom stereocenters. The Kier molecular flexibility index (Phi) is 5.94. The molecule has 1 saturated carbocycles. The van der Waals surface area contributed by atoms with Crippen LogP contribution in [0.1, 0.15) is 55.8 Å². The van der Waals surface area contributed by atoms with E-state index in [0.29, 0.717) is 23.0 Å². The van der Waals surface area contributed by atoms with Crippen LogP contribution in [0.4, 0.5) is 0 Å². The van der Waals surface area contributed by atoms with Crippen molar-refractivity contribution in [3.63, 3.8) is 0 Å². The zero-order valence-electron chi connectivity index (χ0n) is 14.8. The van der Waals surface area contributed by atoms with E-state index in [1.54, 1.807) is 19.1 Å². The number of hydrogen-bond acceptors (Lipinski definition) is 6. The van der Waals surface area contributed by atoms with Gasteiger partial charge in [0.2, 0.25) is 11.8 Å². The summed E-state index contributed by atoms with van der Waals surface area (Å²) in [4.78, 5) is 18.0. The molecule has 1 N–H and O–H groups in total. The van der Waals surface area contributed by atoms with Crippen molar-refractivity contribution < 1.29 is 9.32 Å². The van der Waals surface area contributed by atoms with Gasteiger partial charge in [0.15, 0.2) is 5.82 Å². The Hall–Kier alpha value is -2.33. The molecule has 1 aliphatic carbocycles. The second-order valence-electron chi connectivity index (χ2n) is 6.61. The van der Waals surface area contributed by atoms with Gasteiger partial charge in [0, 0.05) is 11.8 Å². The van der Waals surface area contributed by atoms with Gasteiger partial charge in [-0.3, -0.25) is 4.79 Å². The molecule has 0 bridgehead atoms. The van der Waals surface area contributed by atoms with E-state index in [4.69, 9.17) is 9.78 Å². The van der Waals surface area contributed by atoms with Crippen LogP contribution in [0.3, 0.4) is 0 Å². The topological polar surface area (TPSA) is 91.8 Å². The summed E-state index contributed by atoms with van der Waals surface area (Å²) in [5.74, 6) is 1.38. The molecular formula is C19H22N4O2S. The third kappa shape index (κ3) is 4.44. The number of amides is 1. The number of thioether (sulfide) groups is 1. The first-order valence-corrected chi connectivity index (χ1v) is 9.85. The first-order chi connectivity index (χ1) is 12.6. The first kappa shape index (κ1) is 18.5. The summed E-state index contributed by atoms with van der Waals surface area (Å²) in [7, 11) is 0. The second-order valence-corrected chi connectivity index (χ2v) is 7.66. The lowest BCUT2D eigenvalue weighted by Gasteiger charge is -2.30. The van der Waals surface area contributed by atoms with Crippen molar-refractivity contribution in [1.29, 1.82) is 5.26 Å². The fourth-order valence-corrected chi connectivity index (χ4v) is 4.01. The van der Waals surface area contributed by atoms with Gasteiger partial charge in [0.1, 0.15) is 5.54 Å². The highest BCUT2D eigenvalue weighted by molar-refractivity contribution is 8.00. The minimum Gasteiger partial charge on any atom is -0.342 e. The average Bonchev–Trinajstić information content (AvgIpc) is 2.96. The van der Waals surface area contributed by atoms with E-state index in [0.717, 1.165) is 43.4 Å². The summed E-state index contributed by atoms with van der Waals surface area (Å²) in [5.41, 5.74) is 0.0833. The van der Waals surface area contributed by atoms with Crippen molar-refractivity contribution in [1.82, 2.24) is 15.5 Å². The van der Waals surface area contributed by atoms with E-state index in [9.17, 15) is 4.79 Å². The molecule has 1 heterocycles. The maximum absolute atomic E-state index is 12.6. The zero-order chi connectivity index (χ0) is 18.4. The monoisotopic (exact) mass is 370 g/mol. The number of nitrogens with zero attached hydrogens (tertiary/aromatic N) is 3. The fourth-order valence-electron chi connectivity index (χ4n) is 3.31. The van der Waals surface area contributed by atoms with Gasteiger partial charge in [-0.05, 0) is 37.1 Å². The Morgan fingerprint density at radius 2 is 1.96 bits per heavy atom. The Labute approximate surface area is 157 Å². The molecule has 1 aliphatic rings. The molecule has 136 valence electrons. The normalized spacial score (nSPS) is 16.5. The quantitative estimate of drug-likeness (QED) is 0.637. The van der Waals surface area contributed by atoms with Gasteiger partial charge in [0.25, 0.3) is 0 Å². The van der Waals surface area contributed by atoms with Gasteiger partial charge in [-0.25, -0.2) is 0 Å². The number of nitriles is 1. The van der Waals surface area contributed by atoms with Gasteiger partial charge in [-0.2, -0.15) is 10.2 Å². The van der Waals surface area contributed by atoms with Crippen LogP contribution in [0.2, 0.25) is 0 Å². The molecule has 7 heteroatoms. The minimum absolute atomic E-state index is 0.0382. The Morgan fingerprint density at radius 1 is 1.27 bits per heavy atom. The van der Waals surface area contributed by atoms with Gasteiger partial charge in [0.05, 0.1) is 17.4 Å². The molecule has 1 fully saturated rings. The number of carbonyl (C=O) groups is 1. The minimum atomic E-state index is -0.531. The largest absolute Gasteiger partial charge is 0.342 e. The van der Waals surface area contributed by atoms with Crippen molar-refractivity contribution in [3.05, 3.63) is 41.5 Å². The maximum Gasteiger partial charge on any atom is 0.231 e. The summed E-state index contributed by atoms with van der Waals surface area (Å²) in [6.07, 6.45) is 6.06. The first-order valence-electron chi connectivity index (χ1n) is 8.86.